The van der Waals surface area contributed by atoms with Gasteiger partial charge in [-0.2, -0.15) is 4.68 Å². The lowest BCUT2D eigenvalue weighted by Gasteiger charge is -2.09. The molecule has 0 saturated heterocycles. The number of nitrogen functional groups attached to an aromatic ring is 1. The molecule has 0 fully saturated rings. The van der Waals surface area contributed by atoms with Crippen LogP contribution >= 0.6 is 0 Å². The minimum atomic E-state index is -2.89. The standard InChI is InChI=1S/C22H17F2N7O3/c1-29-9-13(7-8-15(29)32)16-17(12-5-3-2-4-6-12)27-21(25)31-20(16)28-30(22(31)33)10-14-18(19(23)24)34-11-26-14/h2-9,11,19H,10H2,1H3,(H2,25,27,28)/p+1. The number of aromatic amines is 1. The van der Waals surface area contributed by atoms with Crippen LogP contribution in [-0.4, -0.2) is 24.3 Å². The van der Waals surface area contributed by atoms with Crippen molar-refractivity contribution in [1.82, 2.24) is 24.3 Å². The number of alkyl halides is 2. The van der Waals surface area contributed by atoms with Crippen molar-refractivity contribution in [2.75, 3.05) is 5.73 Å². The molecule has 3 N–H and O–H groups in total. The van der Waals surface area contributed by atoms with Gasteiger partial charge < -0.3 is 14.7 Å². The molecule has 4 heterocycles. The van der Waals surface area contributed by atoms with Gasteiger partial charge in [-0.05, 0) is 6.07 Å². The number of oxazole rings is 1. The second kappa shape index (κ2) is 8.06. The van der Waals surface area contributed by atoms with E-state index >= 15 is 0 Å². The van der Waals surface area contributed by atoms with Crippen LogP contribution in [0.5, 0.6) is 0 Å². The summed E-state index contributed by atoms with van der Waals surface area (Å²) in [5.41, 5.74) is 7.80. The maximum absolute atomic E-state index is 13.2. The highest BCUT2D eigenvalue weighted by Gasteiger charge is 2.27. The van der Waals surface area contributed by atoms with Crippen molar-refractivity contribution in [3.05, 3.63) is 87.3 Å². The number of nitrogens with zero attached hydrogens (tertiary/aromatic N) is 5. The van der Waals surface area contributed by atoms with Gasteiger partial charge in [0.25, 0.3) is 6.43 Å². The molecule has 4 aromatic heterocycles. The lowest BCUT2D eigenvalue weighted by atomic mass is 10.0. The second-order valence-electron chi connectivity index (χ2n) is 7.56. The Labute approximate surface area is 189 Å². The van der Waals surface area contributed by atoms with Gasteiger partial charge in [-0.3, -0.25) is 4.79 Å². The van der Waals surface area contributed by atoms with Crippen molar-refractivity contribution >= 4 is 11.6 Å². The van der Waals surface area contributed by atoms with E-state index in [0.717, 1.165) is 21.0 Å². The number of fused-ring (bicyclic) bond motifs is 1. The fourth-order valence-corrected chi connectivity index (χ4v) is 3.81. The van der Waals surface area contributed by atoms with E-state index in [0.29, 0.717) is 16.8 Å². The SMILES string of the molecule is Cn1cc(-c2c(-c3ccccc3)nc(N)[n+]3c(=O)n(Cc4ncoc4C(F)F)[nH]c23)ccc1=O. The summed E-state index contributed by atoms with van der Waals surface area (Å²) in [6, 6.07) is 12.2. The fraction of sp³-hybridized carbons (Fsp3) is 0.136. The normalized spacial score (nSPS) is 11.5. The first-order chi connectivity index (χ1) is 16.3. The van der Waals surface area contributed by atoms with Crippen molar-refractivity contribution < 1.29 is 17.6 Å². The third kappa shape index (κ3) is 3.45. The Kier molecular flexibility index (Phi) is 5.04. The average molecular weight is 466 g/mol. The molecular weight excluding hydrogens is 448 g/mol. The van der Waals surface area contributed by atoms with Gasteiger partial charge in [0.2, 0.25) is 11.2 Å². The number of hydrogen-bond acceptors (Lipinski definition) is 6. The minimum Gasteiger partial charge on any atom is -0.442 e. The molecule has 0 amide bonds. The molecule has 0 aliphatic heterocycles. The molecule has 5 rings (SSSR count). The van der Waals surface area contributed by atoms with Crippen LogP contribution in [0.4, 0.5) is 14.7 Å². The fourth-order valence-electron chi connectivity index (χ4n) is 3.81. The third-order valence-electron chi connectivity index (χ3n) is 5.42. The maximum atomic E-state index is 13.2. The van der Waals surface area contributed by atoms with E-state index in [2.05, 4.69) is 15.1 Å². The van der Waals surface area contributed by atoms with Crippen molar-refractivity contribution in [2.24, 2.45) is 7.05 Å². The number of nitrogens with one attached hydrogen (secondary N) is 1. The van der Waals surface area contributed by atoms with E-state index < -0.39 is 17.9 Å². The van der Waals surface area contributed by atoms with Gasteiger partial charge in [0, 0.05) is 30.4 Å². The number of pyridine rings is 1. The van der Waals surface area contributed by atoms with Crippen molar-refractivity contribution in [3.8, 4) is 22.4 Å². The summed E-state index contributed by atoms with van der Waals surface area (Å²) < 4.78 is 34.9. The zero-order valence-electron chi connectivity index (χ0n) is 17.8. The first-order valence-corrected chi connectivity index (χ1v) is 10.1. The van der Waals surface area contributed by atoms with Crippen LogP contribution in [0, 0.1) is 0 Å². The number of rotatable bonds is 5. The topological polar surface area (TPSA) is 129 Å². The van der Waals surface area contributed by atoms with Gasteiger partial charge >= 0.3 is 11.6 Å². The van der Waals surface area contributed by atoms with Gasteiger partial charge in [0.15, 0.2) is 12.2 Å². The highest BCUT2D eigenvalue weighted by Crippen LogP contribution is 2.32. The van der Waals surface area contributed by atoms with Crippen LogP contribution in [0.15, 0.2) is 69.1 Å². The highest BCUT2D eigenvalue weighted by atomic mass is 19.3. The summed E-state index contributed by atoms with van der Waals surface area (Å²) >= 11 is 0. The number of benzene rings is 1. The Morgan fingerprint density at radius 1 is 1.15 bits per heavy atom. The van der Waals surface area contributed by atoms with Gasteiger partial charge in [-0.1, -0.05) is 30.3 Å². The summed E-state index contributed by atoms with van der Waals surface area (Å²) in [6.45, 7) is -0.302. The van der Waals surface area contributed by atoms with Gasteiger partial charge in [-0.15, -0.1) is 9.38 Å². The van der Waals surface area contributed by atoms with Crippen molar-refractivity contribution in [2.45, 2.75) is 13.0 Å². The Balaban J connectivity index is 1.80. The Hall–Kier alpha value is -4.61. The van der Waals surface area contributed by atoms with Crippen LogP contribution in [0.2, 0.25) is 0 Å². The maximum Gasteiger partial charge on any atom is 0.428 e. The molecule has 5 aromatic rings. The molecule has 12 heteroatoms. The molecule has 34 heavy (non-hydrogen) atoms. The predicted octanol–water partition coefficient (Wildman–Crippen LogP) is 1.90. The van der Waals surface area contributed by atoms with Crippen LogP contribution in [-0.2, 0) is 13.6 Å². The van der Waals surface area contributed by atoms with Crippen LogP contribution in [0.1, 0.15) is 17.9 Å². The first kappa shape index (κ1) is 21.2. The summed E-state index contributed by atoms with van der Waals surface area (Å²) in [6.07, 6.45) is -0.371. The molecule has 0 aliphatic rings. The zero-order valence-corrected chi connectivity index (χ0v) is 17.8. The predicted molar refractivity (Wildman–Crippen MR) is 117 cm³/mol. The van der Waals surface area contributed by atoms with Crippen molar-refractivity contribution in [3.63, 3.8) is 0 Å². The van der Waals surface area contributed by atoms with Crippen LogP contribution in [0.25, 0.3) is 28.0 Å². The van der Waals surface area contributed by atoms with Crippen LogP contribution < -0.4 is 21.4 Å². The number of anilines is 1. The van der Waals surface area contributed by atoms with Crippen molar-refractivity contribution in [1.29, 1.82) is 0 Å². The van der Waals surface area contributed by atoms with Crippen LogP contribution in [0.3, 0.4) is 0 Å². The van der Waals surface area contributed by atoms with E-state index in [4.69, 9.17) is 10.2 Å². The second-order valence-corrected chi connectivity index (χ2v) is 7.56. The molecule has 0 unspecified atom stereocenters. The molecule has 0 aliphatic carbocycles. The number of aryl methyl sites for hydroxylation is 1. The smallest absolute Gasteiger partial charge is 0.428 e. The van der Waals surface area contributed by atoms with E-state index in [1.807, 2.05) is 30.3 Å². The molecule has 1 aromatic carbocycles. The number of hydrogen-bond donors (Lipinski definition) is 2. The monoisotopic (exact) mass is 466 g/mol. The van der Waals surface area contributed by atoms with Gasteiger partial charge in [-0.25, -0.2) is 23.7 Å². The quantitative estimate of drug-likeness (QED) is 0.381. The third-order valence-corrected chi connectivity index (χ3v) is 5.42. The number of aromatic nitrogens is 6. The molecule has 0 radical (unpaired) electrons. The van der Waals surface area contributed by atoms with Gasteiger partial charge in [0.05, 0.1) is 5.56 Å². The molecule has 10 nitrogen and oxygen atoms in total. The average Bonchev–Trinajstić information content (AvgIpc) is 3.41. The summed E-state index contributed by atoms with van der Waals surface area (Å²) in [5, 5.41) is 2.95. The minimum absolute atomic E-state index is 0.0947. The molecule has 172 valence electrons. The molecule has 0 saturated carbocycles. The largest absolute Gasteiger partial charge is 0.442 e. The number of nitrogens with two attached hydrogens (primary N) is 1. The molecule has 0 atom stereocenters. The zero-order chi connectivity index (χ0) is 24.0. The highest BCUT2D eigenvalue weighted by molar-refractivity contribution is 5.88. The molecule has 0 spiro atoms. The number of H-pyrrole nitrogens is 1. The summed E-state index contributed by atoms with van der Waals surface area (Å²) in [7, 11) is 1.60. The van der Waals surface area contributed by atoms with E-state index in [-0.39, 0.29) is 29.4 Å². The first-order valence-electron chi connectivity index (χ1n) is 10.1. The van der Waals surface area contributed by atoms with E-state index in [1.54, 1.807) is 19.3 Å². The Morgan fingerprint density at radius 3 is 2.62 bits per heavy atom. The molecule has 0 bridgehead atoms. The van der Waals surface area contributed by atoms with E-state index in [1.165, 1.54) is 10.6 Å². The Bertz CT molecular complexity index is 1630. The van der Waals surface area contributed by atoms with Gasteiger partial charge in [0.1, 0.15) is 17.9 Å². The lowest BCUT2D eigenvalue weighted by molar-refractivity contribution is -0.516. The lowest BCUT2D eigenvalue weighted by Crippen LogP contribution is -2.44. The van der Waals surface area contributed by atoms with E-state index in [9.17, 15) is 18.4 Å². The number of halogens is 2. The summed E-state index contributed by atoms with van der Waals surface area (Å²) in [5.74, 6) is -0.721. The Morgan fingerprint density at radius 2 is 1.91 bits per heavy atom. The summed E-state index contributed by atoms with van der Waals surface area (Å²) in [4.78, 5) is 33.5. The molecular formula is C22H18F2N7O3+.